The van der Waals surface area contributed by atoms with E-state index in [2.05, 4.69) is 0 Å². The summed E-state index contributed by atoms with van der Waals surface area (Å²) in [6, 6.07) is 0. The summed E-state index contributed by atoms with van der Waals surface area (Å²) in [6.07, 6.45) is 0.804. The van der Waals surface area contributed by atoms with Crippen LogP contribution in [0.15, 0.2) is 0 Å². The molecule has 0 aliphatic carbocycles. The lowest BCUT2D eigenvalue weighted by Gasteiger charge is -2.21. The fraction of sp³-hybridized carbons (Fsp3) is 0.778. The van der Waals surface area contributed by atoms with Crippen LogP contribution in [0, 0.1) is 5.92 Å². The van der Waals surface area contributed by atoms with Crippen molar-refractivity contribution < 1.29 is 9.53 Å². The molecule has 0 spiro atoms. The van der Waals surface area contributed by atoms with E-state index in [4.69, 9.17) is 22.7 Å². The molecular weight excluding hydrogens is 200 g/mol. The highest BCUT2D eigenvalue weighted by Gasteiger charge is 2.32. The third-order valence-corrected chi connectivity index (χ3v) is 2.59. The second-order valence-electron chi connectivity index (χ2n) is 3.63. The molecule has 1 fully saturated rings. The lowest BCUT2D eigenvalue weighted by Crippen LogP contribution is -2.40. The van der Waals surface area contributed by atoms with Crippen molar-refractivity contribution in [3.63, 3.8) is 0 Å². The van der Waals surface area contributed by atoms with Gasteiger partial charge < -0.3 is 15.4 Å². The Morgan fingerprint density at radius 1 is 1.71 bits per heavy atom. The van der Waals surface area contributed by atoms with Crippen LogP contribution in [0.3, 0.4) is 0 Å². The molecule has 1 aliphatic rings. The molecule has 0 saturated carbocycles. The van der Waals surface area contributed by atoms with E-state index in [1.807, 2.05) is 6.92 Å². The number of hydrogen-bond acceptors (Lipinski definition) is 3. The van der Waals surface area contributed by atoms with Gasteiger partial charge in [0.25, 0.3) is 0 Å². The molecule has 4 nitrogen and oxygen atoms in total. The first kappa shape index (κ1) is 11.4. The molecule has 0 radical (unpaired) electrons. The Balaban J connectivity index is 2.51. The van der Waals surface area contributed by atoms with Crippen LogP contribution >= 0.6 is 12.2 Å². The number of thiocarbonyl (C=S) groups is 1. The molecule has 2 unspecified atom stereocenters. The average molecular weight is 216 g/mol. The van der Waals surface area contributed by atoms with Crippen LogP contribution in [-0.4, -0.2) is 42.1 Å². The molecule has 0 aromatic rings. The lowest BCUT2D eigenvalue weighted by molar-refractivity contribution is -0.134. The van der Waals surface area contributed by atoms with Crippen molar-refractivity contribution in [1.82, 2.24) is 4.90 Å². The molecular formula is C9H16N2O2S. The second kappa shape index (κ2) is 4.70. The normalized spacial score (nSPS) is 26.1. The Morgan fingerprint density at radius 3 is 2.79 bits per heavy atom. The summed E-state index contributed by atoms with van der Waals surface area (Å²) >= 11 is 4.75. The van der Waals surface area contributed by atoms with Gasteiger partial charge in [-0.05, 0) is 13.3 Å². The maximum Gasteiger partial charge on any atom is 0.228 e. The van der Waals surface area contributed by atoms with Crippen molar-refractivity contribution in [3.8, 4) is 0 Å². The van der Waals surface area contributed by atoms with Gasteiger partial charge in [0.15, 0.2) is 0 Å². The molecule has 0 bridgehead atoms. The number of nitrogens with zero attached hydrogens (tertiary/aromatic N) is 1. The topological polar surface area (TPSA) is 55.6 Å². The van der Waals surface area contributed by atoms with E-state index in [-0.39, 0.29) is 17.9 Å². The number of nitrogens with two attached hydrogens (primary N) is 1. The number of ether oxygens (including phenoxy) is 1. The zero-order chi connectivity index (χ0) is 10.7. The molecule has 1 amide bonds. The van der Waals surface area contributed by atoms with Gasteiger partial charge in [-0.15, -0.1) is 0 Å². The summed E-state index contributed by atoms with van der Waals surface area (Å²) in [4.78, 5) is 13.7. The van der Waals surface area contributed by atoms with E-state index in [1.165, 1.54) is 0 Å². The molecule has 14 heavy (non-hydrogen) atoms. The quantitative estimate of drug-likeness (QED) is 0.683. The molecule has 0 aromatic heterocycles. The maximum atomic E-state index is 11.8. The Bertz CT molecular complexity index is 245. The van der Waals surface area contributed by atoms with Crippen molar-refractivity contribution in [2.45, 2.75) is 19.4 Å². The van der Waals surface area contributed by atoms with E-state index in [0.717, 1.165) is 6.42 Å². The second-order valence-corrected chi connectivity index (χ2v) is 4.16. The van der Waals surface area contributed by atoms with Gasteiger partial charge in [-0.3, -0.25) is 4.79 Å². The highest BCUT2D eigenvalue weighted by Crippen LogP contribution is 2.22. The zero-order valence-corrected chi connectivity index (χ0v) is 9.34. The minimum Gasteiger partial charge on any atom is -0.392 e. The first-order valence-corrected chi connectivity index (χ1v) is 5.08. The van der Waals surface area contributed by atoms with Gasteiger partial charge in [0.2, 0.25) is 5.91 Å². The van der Waals surface area contributed by atoms with Crippen LogP contribution in [0.25, 0.3) is 0 Å². The number of carbonyl (C=O) groups is 1. The third kappa shape index (κ3) is 2.65. The highest BCUT2D eigenvalue weighted by molar-refractivity contribution is 7.80. The highest BCUT2D eigenvalue weighted by atomic mass is 32.1. The number of carbonyl (C=O) groups excluding carboxylic acids is 1. The van der Waals surface area contributed by atoms with Crippen LogP contribution in [0.4, 0.5) is 0 Å². The SMILES string of the molecule is CC1OCCC1C(=O)N(C)CC(N)=S. The van der Waals surface area contributed by atoms with Gasteiger partial charge >= 0.3 is 0 Å². The molecule has 2 N–H and O–H groups in total. The van der Waals surface area contributed by atoms with Gasteiger partial charge in [0.05, 0.1) is 23.6 Å². The van der Waals surface area contributed by atoms with E-state index >= 15 is 0 Å². The predicted octanol–water partition coefficient (Wildman–Crippen LogP) is 0.156. The largest absolute Gasteiger partial charge is 0.392 e. The van der Waals surface area contributed by atoms with Crippen molar-refractivity contribution in [3.05, 3.63) is 0 Å². The summed E-state index contributed by atoms with van der Waals surface area (Å²) < 4.78 is 5.33. The molecule has 2 atom stereocenters. The first-order chi connectivity index (χ1) is 6.52. The van der Waals surface area contributed by atoms with Crippen LogP contribution in [0.1, 0.15) is 13.3 Å². The van der Waals surface area contributed by atoms with E-state index in [0.29, 0.717) is 18.1 Å². The molecule has 1 heterocycles. The summed E-state index contributed by atoms with van der Waals surface area (Å²) in [6.45, 7) is 2.93. The molecule has 80 valence electrons. The smallest absolute Gasteiger partial charge is 0.228 e. The molecule has 1 rings (SSSR count). The standard InChI is InChI=1S/C9H16N2O2S/c1-6-7(3-4-13-6)9(12)11(2)5-8(10)14/h6-7H,3-5H2,1-2H3,(H2,10,14). The Kier molecular flexibility index (Phi) is 3.83. The summed E-state index contributed by atoms with van der Waals surface area (Å²) in [5.74, 6) is 0.0390. The molecule has 0 aromatic carbocycles. The van der Waals surface area contributed by atoms with Crippen LogP contribution in [0.2, 0.25) is 0 Å². The third-order valence-electron chi connectivity index (χ3n) is 2.46. The van der Waals surface area contributed by atoms with Crippen molar-refractivity contribution in [1.29, 1.82) is 0 Å². The van der Waals surface area contributed by atoms with E-state index in [9.17, 15) is 4.79 Å². The van der Waals surface area contributed by atoms with E-state index < -0.39 is 0 Å². The zero-order valence-electron chi connectivity index (χ0n) is 8.53. The van der Waals surface area contributed by atoms with Gasteiger partial charge in [0, 0.05) is 13.7 Å². The Labute approximate surface area is 89.4 Å². The minimum absolute atomic E-state index is 0.0105. The first-order valence-electron chi connectivity index (χ1n) is 4.67. The average Bonchev–Trinajstić information content (AvgIpc) is 2.48. The fourth-order valence-corrected chi connectivity index (χ4v) is 1.84. The van der Waals surface area contributed by atoms with Crippen molar-refractivity contribution in [2.24, 2.45) is 11.7 Å². The summed E-state index contributed by atoms with van der Waals surface area (Å²) in [7, 11) is 1.71. The Hall–Kier alpha value is -0.680. The van der Waals surface area contributed by atoms with E-state index in [1.54, 1.807) is 11.9 Å². The molecule has 1 aliphatic heterocycles. The fourth-order valence-electron chi connectivity index (χ4n) is 1.65. The lowest BCUT2D eigenvalue weighted by atomic mass is 10.0. The van der Waals surface area contributed by atoms with Crippen LogP contribution < -0.4 is 5.73 Å². The van der Waals surface area contributed by atoms with Crippen molar-refractivity contribution in [2.75, 3.05) is 20.2 Å². The molecule has 5 heteroatoms. The molecule has 1 saturated heterocycles. The van der Waals surface area contributed by atoms with Crippen molar-refractivity contribution >= 4 is 23.1 Å². The van der Waals surface area contributed by atoms with Gasteiger partial charge in [0.1, 0.15) is 0 Å². The van der Waals surface area contributed by atoms with Gasteiger partial charge in [-0.25, -0.2) is 0 Å². The predicted molar refractivity (Wildman–Crippen MR) is 57.9 cm³/mol. The maximum absolute atomic E-state index is 11.8. The summed E-state index contributed by atoms with van der Waals surface area (Å²) in [5.41, 5.74) is 5.37. The van der Waals surface area contributed by atoms with Crippen LogP contribution in [-0.2, 0) is 9.53 Å². The Morgan fingerprint density at radius 2 is 2.36 bits per heavy atom. The minimum atomic E-state index is -0.0330. The van der Waals surface area contributed by atoms with Gasteiger partial charge in [-0.1, -0.05) is 12.2 Å². The number of likely N-dealkylation sites (N-methyl/N-ethyl adjacent to an activating group) is 1. The summed E-state index contributed by atoms with van der Waals surface area (Å²) in [5, 5.41) is 0. The number of amides is 1. The van der Waals surface area contributed by atoms with Crippen LogP contribution in [0.5, 0.6) is 0 Å². The number of hydrogen-bond donors (Lipinski definition) is 1. The number of rotatable bonds is 3. The van der Waals surface area contributed by atoms with Gasteiger partial charge in [-0.2, -0.15) is 0 Å². The monoisotopic (exact) mass is 216 g/mol.